The van der Waals surface area contributed by atoms with E-state index in [-0.39, 0.29) is 62.0 Å². The van der Waals surface area contributed by atoms with E-state index in [9.17, 15) is 19.2 Å². The third-order valence-electron chi connectivity index (χ3n) is 5.77. The molecule has 4 atom stereocenters. The summed E-state index contributed by atoms with van der Waals surface area (Å²) in [7, 11) is 0. The fourth-order valence-corrected chi connectivity index (χ4v) is 2.88. The third kappa shape index (κ3) is 13.9. The number of benzene rings is 1. The Kier molecular flexibility index (Phi) is 15.6. The van der Waals surface area contributed by atoms with E-state index >= 15 is 0 Å². The molecule has 2 N–H and O–H groups in total. The van der Waals surface area contributed by atoms with Crippen molar-refractivity contribution in [2.45, 2.75) is 85.8 Å². The van der Waals surface area contributed by atoms with E-state index in [0.29, 0.717) is 12.0 Å². The Morgan fingerprint density at radius 2 is 1.36 bits per heavy atom. The van der Waals surface area contributed by atoms with Crippen molar-refractivity contribution in [3.8, 4) is 11.5 Å². The molecule has 11 heteroatoms. The maximum atomic E-state index is 12.5. The van der Waals surface area contributed by atoms with Gasteiger partial charge in [-0.05, 0) is 49.3 Å². The van der Waals surface area contributed by atoms with Crippen molar-refractivity contribution >= 4 is 24.2 Å². The number of carbonyl (C=O) groups is 4. The van der Waals surface area contributed by atoms with Crippen molar-refractivity contribution in [2.75, 3.05) is 19.8 Å². The van der Waals surface area contributed by atoms with Crippen molar-refractivity contribution in [1.82, 2.24) is 0 Å². The molecule has 0 bridgehead atoms. The largest absolute Gasteiger partial charge is 0.513 e. The predicted octanol–water partition coefficient (Wildman–Crippen LogP) is 4.95. The average Bonchev–Trinajstić information content (AvgIpc) is 2.90. The summed E-state index contributed by atoms with van der Waals surface area (Å²) in [5.41, 5.74) is 6.53. The number of rotatable bonds is 16. The maximum Gasteiger partial charge on any atom is 0.513 e. The molecule has 0 fully saturated rings. The highest BCUT2D eigenvalue weighted by Crippen LogP contribution is 2.30. The molecule has 0 aliphatic rings. The summed E-state index contributed by atoms with van der Waals surface area (Å²) in [5, 5.41) is 0. The monoisotopic (exact) mass is 553 g/mol. The lowest BCUT2D eigenvalue weighted by molar-refractivity contribution is -0.159. The summed E-state index contributed by atoms with van der Waals surface area (Å²) in [4.78, 5) is 48.4. The molecule has 0 saturated heterocycles. The van der Waals surface area contributed by atoms with Crippen LogP contribution in [0.25, 0.3) is 0 Å². The number of nitrogens with two attached hydrogens (primary N) is 1. The molecule has 0 aliphatic heterocycles. The molecule has 1 aromatic rings. The molecule has 0 spiro atoms. The van der Waals surface area contributed by atoms with E-state index in [2.05, 4.69) is 0 Å². The SMILES string of the molecule is CCCC(=O)OC[C@H](C)OC(=O)[C@@H](N)Cc1ccc(OC(=O)OCC(C)CC)c(OC(=O)OCC(C)CC)c1. The van der Waals surface area contributed by atoms with Crippen molar-refractivity contribution < 1.29 is 47.6 Å². The highest BCUT2D eigenvalue weighted by Gasteiger charge is 2.22. The summed E-state index contributed by atoms with van der Waals surface area (Å²) < 4.78 is 31.1. The fourth-order valence-electron chi connectivity index (χ4n) is 2.88. The topological polar surface area (TPSA) is 150 Å². The molecule has 0 amide bonds. The van der Waals surface area contributed by atoms with Gasteiger partial charge >= 0.3 is 24.2 Å². The van der Waals surface area contributed by atoms with Gasteiger partial charge in [-0.3, -0.25) is 9.59 Å². The predicted molar refractivity (Wildman–Crippen MR) is 142 cm³/mol. The van der Waals surface area contributed by atoms with Crippen LogP contribution in [0, 0.1) is 11.8 Å². The normalized spacial score (nSPS) is 13.8. The second kappa shape index (κ2) is 18.0. The van der Waals surface area contributed by atoms with Gasteiger partial charge in [-0.1, -0.05) is 53.5 Å². The number of esters is 2. The fraction of sp³-hybridized carbons (Fsp3) is 0.643. The number of carbonyl (C=O) groups excluding carboxylic acids is 4. The van der Waals surface area contributed by atoms with Gasteiger partial charge in [0.15, 0.2) is 11.5 Å². The highest BCUT2D eigenvalue weighted by molar-refractivity contribution is 5.76. The zero-order valence-corrected chi connectivity index (χ0v) is 23.9. The molecule has 2 unspecified atom stereocenters. The lowest BCUT2D eigenvalue weighted by atomic mass is 10.1. The molecule has 0 radical (unpaired) electrons. The molecule has 0 aliphatic carbocycles. The minimum atomic E-state index is -1.06. The zero-order chi connectivity index (χ0) is 29.4. The van der Waals surface area contributed by atoms with Gasteiger partial charge in [-0.2, -0.15) is 0 Å². The van der Waals surface area contributed by atoms with E-state index in [1.165, 1.54) is 12.1 Å². The van der Waals surface area contributed by atoms with E-state index < -0.39 is 30.4 Å². The first-order chi connectivity index (χ1) is 18.5. The minimum absolute atomic E-state index is 0.0260. The lowest BCUT2D eigenvalue weighted by Gasteiger charge is -2.18. The molecular formula is C28H43NO10. The Morgan fingerprint density at radius 3 is 1.90 bits per heavy atom. The summed E-state index contributed by atoms with van der Waals surface area (Å²) in [6.07, 6.45) is -0.00152. The molecule has 39 heavy (non-hydrogen) atoms. The molecule has 11 nitrogen and oxygen atoms in total. The van der Waals surface area contributed by atoms with Gasteiger partial charge in [0.05, 0.1) is 13.2 Å². The van der Waals surface area contributed by atoms with Gasteiger partial charge in [-0.25, -0.2) is 9.59 Å². The molecule has 0 heterocycles. The van der Waals surface area contributed by atoms with Gasteiger partial charge in [0, 0.05) is 6.42 Å². The second-order valence-corrected chi connectivity index (χ2v) is 9.63. The van der Waals surface area contributed by atoms with Crippen molar-refractivity contribution in [1.29, 1.82) is 0 Å². The molecule has 220 valence electrons. The van der Waals surface area contributed by atoms with Gasteiger partial charge in [0.25, 0.3) is 0 Å². The summed E-state index contributed by atoms with van der Waals surface area (Å²) in [5.74, 6) is -0.939. The van der Waals surface area contributed by atoms with Crippen LogP contribution in [0.5, 0.6) is 11.5 Å². The average molecular weight is 554 g/mol. The molecule has 0 saturated carbocycles. The molecule has 0 aromatic heterocycles. The second-order valence-electron chi connectivity index (χ2n) is 9.63. The van der Waals surface area contributed by atoms with E-state index in [4.69, 9.17) is 34.2 Å². The van der Waals surface area contributed by atoms with Crippen LogP contribution in [0.15, 0.2) is 18.2 Å². The van der Waals surface area contributed by atoms with E-state index in [0.717, 1.165) is 12.8 Å². The van der Waals surface area contributed by atoms with Crippen LogP contribution in [0.4, 0.5) is 9.59 Å². The summed E-state index contributed by atoms with van der Waals surface area (Å²) >= 11 is 0. The van der Waals surface area contributed by atoms with Crippen LogP contribution in [0.2, 0.25) is 0 Å². The summed E-state index contributed by atoms with van der Waals surface area (Å²) in [6.45, 7) is 11.5. The van der Waals surface area contributed by atoms with Gasteiger partial charge in [0.1, 0.15) is 18.8 Å². The first-order valence-corrected chi connectivity index (χ1v) is 13.4. The van der Waals surface area contributed by atoms with Crippen LogP contribution in [0.1, 0.15) is 72.8 Å². The Hall–Kier alpha value is -3.34. The molecular weight excluding hydrogens is 510 g/mol. The first kappa shape index (κ1) is 33.7. The van der Waals surface area contributed by atoms with Gasteiger partial charge < -0.3 is 34.2 Å². The van der Waals surface area contributed by atoms with Crippen molar-refractivity contribution in [3.63, 3.8) is 0 Å². The lowest BCUT2D eigenvalue weighted by Crippen LogP contribution is -2.37. The third-order valence-corrected chi connectivity index (χ3v) is 5.77. The quantitative estimate of drug-likeness (QED) is 0.168. The number of hydrogen-bond acceptors (Lipinski definition) is 11. The Bertz CT molecular complexity index is 935. The summed E-state index contributed by atoms with van der Waals surface area (Å²) in [6, 6.07) is 3.34. The van der Waals surface area contributed by atoms with Crippen LogP contribution in [-0.4, -0.2) is 56.2 Å². The van der Waals surface area contributed by atoms with Crippen LogP contribution < -0.4 is 15.2 Å². The Balaban J connectivity index is 2.90. The van der Waals surface area contributed by atoms with E-state index in [1.807, 2.05) is 34.6 Å². The van der Waals surface area contributed by atoms with Crippen LogP contribution in [0.3, 0.4) is 0 Å². The first-order valence-electron chi connectivity index (χ1n) is 13.4. The number of ether oxygens (including phenoxy) is 6. The van der Waals surface area contributed by atoms with Crippen molar-refractivity contribution in [3.05, 3.63) is 23.8 Å². The number of hydrogen-bond donors (Lipinski definition) is 1. The minimum Gasteiger partial charge on any atom is -0.462 e. The van der Waals surface area contributed by atoms with E-state index in [1.54, 1.807) is 13.0 Å². The standard InChI is InChI=1S/C28H43NO10/c1-7-10-25(30)34-17-20(6)37-26(31)22(29)13-21-11-12-23(38-27(32)35-15-18(4)8-2)24(14-21)39-28(33)36-16-19(5)9-3/h11-12,14,18-20,22H,7-10,13,15-17,29H2,1-6H3/t18?,19?,20-,22-/m0/s1. The Labute approximate surface area is 230 Å². The van der Waals surface area contributed by atoms with Crippen molar-refractivity contribution in [2.24, 2.45) is 17.6 Å². The zero-order valence-electron chi connectivity index (χ0n) is 23.9. The van der Waals surface area contributed by atoms with Gasteiger partial charge in [0.2, 0.25) is 0 Å². The van der Waals surface area contributed by atoms with Crippen LogP contribution in [-0.2, 0) is 35.0 Å². The Morgan fingerprint density at radius 1 is 0.795 bits per heavy atom. The van der Waals surface area contributed by atoms with Gasteiger partial charge in [-0.15, -0.1) is 0 Å². The smallest absolute Gasteiger partial charge is 0.462 e. The van der Waals surface area contributed by atoms with Crippen LogP contribution >= 0.6 is 0 Å². The molecule has 1 aromatic carbocycles. The highest BCUT2D eigenvalue weighted by atomic mass is 16.7. The molecule has 1 rings (SSSR count). The maximum absolute atomic E-state index is 12.5.